The third-order valence-corrected chi connectivity index (χ3v) is 3.69. The lowest BCUT2D eigenvalue weighted by Crippen LogP contribution is -2.17. The second-order valence-electron chi connectivity index (χ2n) is 4.73. The van der Waals surface area contributed by atoms with Crippen LogP contribution in [-0.2, 0) is 6.42 Å². The molecule has 76 valence electrons. The van der Waals surface area contributed by atoms with Gasteiger partial charge < -0.3 is 0 Å². The monoisotopic (exact) mass is 188 g/mol. The summed E-state index contributed by atoms with van der Waals surface area (Å²) in [5.41, 5.74) is 4.64. The van der Waals surface area contributed by atoms with E-state index in [0.29, 0.717) is 0 Å². The summed E-state index contributed by atoms with van der Waals surface area (Å²) in [4.78, 5) is 0. The molecule has 2 rings (SSSR count). The van der Waals surface area contributed by atoms with Crippen molar-refractivity contribution < 1.29 is 0 Å². The van der Waals surface area contributed by atoms with Gasteiger partial charge in [-0.3, -0.25) is 0 Å². The van der Waals surface area contributed by atoms with Crippen molar-refractivity contribution in [3.8, 4) is 0 Å². The Balaban J connectivity index is 2.41. The van der Waals surface area contributed by atoms with Gasteiger partial charge in [-0.1, -0.05) is 37.6 Å². The third kappa shape index (κ3) is 1.58. The molecule has 0 aliphatic heterocycles. The Labute approximate surface area is 87.3 Å². The zero-order valence-corrected chi connectivity index (χ0v) is 9.51. The third-order valence-electron chi connectivity index (χ3n) is 3.69. The molecular formula is C14H20. The Morgan fingerprint density at radius 1 is 1.36 bits per heavy atom. The van der Waals surface area contributed by atoms with Crippen molar-refractivity contribution in [2.75, 3.05) is 0 Å². The maximum absolute atomic E-state index is 2.40. The highest BCUT2D eigenvalue weighted by Crippen LogP contribution is 2.38. The molecule has 0 spiro atoms. The summed E-state index contributed by atoms with van der Waals surface area (Å²) in [6.45, 7) is 6.91. The van der Waals surface area contributed by atoms with E-state index >= 15 is 0 Å². The normalized spacial score (nSPS) is 25.9. The molecule has 1 aliphatic carbocycles. The van der Waals surface area contributed by atoms with Gasteiger partial charge in [0, 0.05) is 0 Å². The van der Waals surface area contributed by atoms with Crippen LogP contribution < -0.4 is 0 Å². The Hall–Kier alpha value is -0.780. The van der Waals surface area contributed by atoms with Crippen molar-refractivity contribution in [3.63, 3.8) is 0 Å². The van der Waals surface area contributed by atoms with Crippen LogP contribution in [0.4, 0.5) is 0 Å². The molecule has 0 bridgehead atoms. The van der Waals surface area contributed by atoms with Gasteiger partial charge in [-0.05, 0) is 49.1 Å². The Morgan fingerprint density at radius 2 is 2.14 bits per heavy atom. The molecule has 0 radical (unpaired) electrons. The van der Waals surface area contributed by atoms with Crippen LogP contribution >= 0.6 is 0 Å². The highest BCUT2D eigenvalue weighted by Gasteiger charge is 2.24. The predicted octanol–water partition coefficient (Wildman–Crippen LogP) is 4.07. The minimum absolute atomic E-state index is 0.805. The summed E-state index contributed by atoms with van der Waals surface area (Å²) < 4.78 is 0. The fourth-order valence-corrected chi connectivity index (χ4v) is 2.83. The topological polar surface area (TPSA) is 0 Å². The molecule has 0 saturated heterocycles. The van der Waals surface area contributed by atoms with Crippen LogP contribution in [0.3, 0.4) is 0 Å². The number of fused-ring (bicyclic) bond motifs is 1. The van der Waals surface area contributed by atoms with Crippen molar-refractivity contribution in [2.45, 2.75) is 46.0 Å². The molecule has 14 heavy (non-hydrogen) atoms. The molecule has 0 N–H and O–H groups in total. The number of hydrogen-bond donors (Lipinski definition) is 0. The second kappa shape index (κ2) is 3.76. The van der Waals surface area contributed by atoms with Crippen LogP contribution in [-0.4, -0.2) is 0 Å². The van der Waals surface area contributed by atoms with E-state index in [0.717, 1.165) is 11.8 Å². The molecule has 0 saturated carbocycles. The minimum Gasteiger partial charge on any atom is -0.0648 e. The van der Waals surface area contributed by atoms with E-state index < -0.39 is 0 Å². The zero-order chi connectivity index (χ0) is 10.1. The Morgan fingerprint density at radius 3 is 2.86 bits per heavy atom. The SMILES string of the molecule is CCC1c2ccc(C)cc2CCC1C. The van der Waals surface area contributed by atoms with E-state index in [9.17, 15) is 0 Å². The Kier molecular flexibility index (Phi) is 2.62. The van der Waals surface area contributed by atoms with Gasteiger partial charge in [-0.25, -0.2) is 0 Å². The predicted molar refractivity (Wildman–Crippen MR) is 61.7 cm³/mol. The largest absolute Gasteiger partial charge is 0.0648 e. The first-order valence-corrected chi connectivity index (χ1v) is 5.81. The average Bonchev–Trinajstić information content (AvgIpc) is 2.18. The molecule has 0 fully saturated rings. The van der Waals surface area contributed by atoms with Crippen LogP contribution in [0.2, 0.25) is 0 Å². The van der Waals surface area contributed by atoms with Gasteiger partial charge >= 0.3 is 0 Å². The van der Waals surface area contributed by atoms with Crippen molar-refractivity contribution in [1.29, 1.82) is 0 Å². The van der Waals surface area contributed by atoms with E-state index in [2.05, 4.69) is 39.0 Å². The van der Waals surface area contributed by atoms with Gasteiger partial charge in [0.05, 0.1) is 0 Å². The first-order valence-electron chi connectivity index (χ1n) is 5.81. The van der Waals surface area contributed by atoms with Crippen molar-refractivity contribution in [2.24, 2.45) is 5.92 Å². The van der Waals surface area contributed by atoms with Crippen LogP contribution in [0.15, 0.2) is 18.2 Å². The molecule has 0 heteroatoms. The number of benzene rings is 1. The zero-order valence-electron chi connectivity index (χ0n) is 9.51. The van der Waals surface area contributed by atoms with E-state index in [-0.39, 0.29) is 0 Å². The van der Waals surface area contributed by atoms with Gasteiger partial charge in [0.2, 0.25) is 0 Å². The molecule has 1 aromatic rings. The summed E-state index contributed by atoms with van der Waals surface area (Å²) >= 11 is 0. The second-order valence-corrected chi connectivity index (χ2v) is 4.73. The van der Waals surface area contributed by atoms with Crippen LogP contribution in [0.25, 0.3) is 0 Å². The smallest absolute Gasteiger partial charge is 0.0136 e. The maximum atomic E-state index is 2.40. The highest BCUT2D eigenvalue weighted by molar-refractivity contribution is 5.36. The van der Waals surface area contributed by atoms with Crippen molar-refractivity contribution >= 4 is 0 Å². The molecule has 0 nitrogen and oxygen atoms in total. The van der Waals surface area contributed by atoms with Gasteiger partial charge in [-0.2, -0.15) is 0 Å². The van der Waals surface area contributed by atoms with Gasteiger partial charge in [0.15, 0.2) is 0 Å². The maximum Gasteiger partial charge on any atom is -0.0136 e. The molecule has 0 amide bonds. The van der Waals surface area contributed by atoms with Gasteiger partial charge in [0.1, 0.15) is 0 Å². The van der Waals surface area contributed by atoms with Crippen molar-refractivity contribution in [1.82, 2.24) is 0 Å². The summed E-state index contributed by atoms with van der Waals surface area (Å²) in [7, 11) is 0. The lowest BCUT2D eigenvalue weighted by Gasteiger charge is -2.31. The first-order chi connectivity index (χ1) is 6.72. The van der Waals surface area contributed by atoms with E-state index in [1.807, 2.05) is 0 Å². The molecular weight excluding hydrogens is 168 g/mol. The van der Waals surface area contributed by atoms with Crippen LogP contribution in [0.1, 0.15) is 49.3 Å². The highest BCUT2D eigenvalue weighted by atomic mass is 14.3. The summed E-state index contributed by atoms with van der Waals surface area (Å²) in [6, 6.07) is 7.00. The van der Waals surface area contributed by atoms with E-state index in [1.54, 1.807) is 11.1 Å². The lowest BCUT2D eigenvalue weighted by atomic mass is 9.74. The molecule has 1 aromatic carbocycles. The molecule has 2 atom stereocenters. The average molecular weight is 188 g/mol. The molecule has 1 aliphatic rings. The molecule has 0 heterocycles. The molecule has 2 unspecified atom stereocenters. The fraction of sp³-hybridized carbons (Fsp3) is 0.571. The Bertz CT molecular complexity index is 325. The van der Waals surface area contributed by atoms with Crippen molar-refractivity contribution in [3.05, 3.63) is 34.9 Å². The van der Waals surface area contributed by atoms with Crippen LogP contribution in [0.5, 0.6) is 0 Å². The number of hydrogen-bond acceptors (Lipinski definition) is 0. The fourth-order valence-electron chi connectivity index (χ4n) is 2.83. The summed E-state index contributed by atoms with van der Waals surface area (Å²) in [5.74, 6) is 1.68. The van der Waals surface area contributed by atoms with Crippen LogP contribution in [0, 0.1) is 12.8 Å². The quantitative estimate of drug-likeness (QED) is 0.623. The standard InChI is InChI=1S/C14H20/c1-4-13-11(3)6-7-12-9-10(2)5-8-14(12)13/h5,8-9,11,13H,4,6-7H2,1-3H3. The minimum atomic E-state index is 0.805. The number of rotatable bonds is 1. The summed E-state index contributed by atoms with van der Waals surface area (Å²) in [5, 5.41) is 0. The van der Waals surface area contributed by atoms with E-state index in [4.69, 9.17) is 0 Å². The molecule has 0 aromatic heterocycles. The lowest BCUT2D eigenvalue weighted by molar-refractivity contribution is 0.394. The van der Waals surface area contributed by atoms with E-state index in [1.165, 1.54) is 24.8 Å². The van der Waals surface area contributed by atoms with Gasteiger partial charge in [-0.15, -0.1) is 0 Å². The number of aryl methyl sites for hydroxylation is 2. The van der Waals surface area contributed by atoms with Gasteiger partial charge in [0.25, 0.3) is 0 Å². The summed E-state index contributed by atoms with van der Waals surface area (Å²) in [6.07, 6.45) is 3.95. The first kappa shape index (κ1) is 9.76.